The molecule has 0 fully saturated rings. The fourth-order valence-electron chi connectivity index (χ4n) is 2.54. The number of hydrogen-bond donors (Lipinski definition) is 2. The lowest BCUT2D eigenvalue weighted by atomic mass is 10.1. The third-order valence-corrected chi connectivity index (χ3v) is 4.81. The van der Waals surface area contributed by atoms with E-state index in [1.165, 1.54) is 0 Å². The minimum Gasteiger partial charge on any atom is -0.418 e. The highest BCUT2D eigenvalue weighted by molar-refractivity contribution is 6.34. The Labute approximate surface area is 166 Å². The SMILES string of the molecule is [C-]#[N+]c1ccc(N[C@@H](c2nnc(-c3ccc(Cl)cc3)o2)[C@@H](C)O)c(C)c1Cl. The maximum absolute atomic E-state index is 10.2. The van der Waals surface area contributed by atoms with Crippen molar-refractivity contribution < 1.29 is 9.52 Å². The molecule has 1 heterocycles. The highest BCUT2D eigenvalue weighted by Crippen LogP contribution is 2.35. The van der Waals surface area contributed by atoms with Crippen LogP contribution in [0, 0.1) is 13.5 Å². The third-order valence-electron chi connectivity index (χ3n) is 4.08. The lowest BCUT2D eigenvalue weighted by Crippen LogP contribution is -2.23. The van der Waals surface area contributed by atoms with E-state index >= 15 is 0 Å². The topological polar surface area (TPSA) is 75.5 Å². The van der Waals surface area contributed by atoms with Crippen molar-refractivity contribution in [3.8, 4) is 11.5 Å². The molecule has 0 spiro atoms. The Morgan fingerprint density at radius 3 is 2.48 bits per heavy atom. The van der Waals surface area contributed by atoms with Gasteiger partial charge in [-0.25, -0.2) is 4.85 Å². The van der Waals surface area contributed by atoms with Gasteiger partial charge in [0.05, 0.1) is 17.7 Å². The van der Waals surface area contributed by atoms with Crippen molar-refractivity contribution in [1.29, 1.82) is 0 Å². The molecule has 0 radical (unpaired) electrons. The molecule has 0 aliphatic heterocycles. The summed E-state index contributed by atoms with van der Waals surface area (Å²) in [5.41, 5.74) is 2.47. The van der Waals surface area contributed by atoms with Crippen LogP contribution in [0.2, 0.25) is 10.0 Å². The van der Waals surface area contributed by atoms with Gasteiger partial charge in [0.25, 0.3) is 0 Å². The van der Waals surface area contributed by atoms with E-state index in [4.69, 9.17) is 34.2 Å². The van der Waals surface area contributed by atoms with Gasteiger partial charge in [-0.05, 0) is 49.7 Å². The summed E-state index contributed by atoms with van der Waals surface area (Å²) in [6.45, 7) is 10.5. The minimum absolute atomic E-state index is 0.236. The molecule has 0 aliphatic rings. The summed E-state index contributed by atoms with van der Waals surface area (Å²) in [7, 11) is 0. The molecule has 6 nitrogen and oxygen atoms in total. The summed E-state index contributed by atoms with van der Waals surface area (Å²) in [6.07, 6.45) is -0.817. The molecule has 0 saturated heterocycles. The Kier molecular flexibility index (Phi) is 5.66. The number of aromatic nitrogens is 2. The normalized spacial score (nSPS) is 13.0. The van der Waals surface area contributed by atoms with Gasteiger partial charge in [0.15, 0.2) is 0 Å². The van der Waals surface area contributed by atoms with Crippen LogP contribution in [0.5, 0.6) is 0 Å². The van der Waals surface area contributed by atoms with Crippen molar-refractivity contribution in [3.05, 3.63) is 69.3 Å². The first-order chi connectivity index (χ1) is 12.9. The molecule has 1 aromatic heterocycles. The van der Waals surface area contributed by atoms with Crippen LogP contribution in [0.1, 0.15) is 24.4 Å². The predicted octanol–water partition coefficient (Wildman–Crippen LogP) is 5.44. The van der Waals surface area contributed by atoms with Crippen LogP contribution in [0.25, 0.3) is 16.3 Å². The maximum Gasteiger partial charge on any atom is 0.247 e. The van der Waals surface area contributed by atoms with Gasteiger partial charge in [0, 0.05) is 16.3 Å². The fraction of sp³-hybridized carbons (Fsp3) is 0.211. The van der Waals surface area contributed by atoms with E-state index in [9.17, 15) is 5.11 Å². The summed E-state index contributed by atoms with van der Waals surface area (Å²) in [5.74, 6) is 0.562. The van der Waals surface area contributed by atoms with Crippen molar-refractivity contribution in [2.45, 2.75) is 26.0 Å². The Morgan fingerprint density at radius 2 is 1.85 bits per heavy atom. The number of aliphatic hydroxyl groups is 1. The van der Waals surface area contributed by atoms with Crippen LogP contribution in [-0.2, 0) is 0 Å². The summed E-state index contributed by atoms with van der Waals surface area (Å²) >= 11 is 12.1. The molecule has 2 N–H and O–H groups in total. The predicted molar refractivity (Wildman–Crippen MR) is 105 cm³/mol. The molecule has 138 valence electrons. The molecule has 0 bridgehead atoms. The van der Waals surface area contributed by atoms with Crippen LogP contribution in [0.15, 0.2) is 40.8 Å². The minimum atomic E-state index is -0.817. The van der Waals surface area contributed by atoms with E-state index in [1.54, 1.807) is 50.2 Å². The lowest BCUT2D eigenvalue weighted by molar-refractivity contribution is 0.159. The second-order valence-corrected chi connectivity index (χ2v) is 6.81. The van der Waals surface area contributed by atoms with Gasteiger partial charge in [0.1, 0.15) is 6.04 Å². The smallest absolute Gasteiger partial charge is 0.247 e. The zero-order valence-electron chi connectivity index (χ0n) is 14.6. The van der Waals surface area contributed by atoms with E-state index < -0.39 is 12.1 Å². The van der Waals surface area contributed by atoms with Crippen LogP contribution >= 0.6 is 23.2 Å². The molecule has 2 atom stereocenters. The third kappa shape index (κ3) is 4.06. The van der Waals surface area contributed by atoms with Crippen LogP contribution in [-0.4, -0.2) is 21.4 Å². The van der Waals surface area contributed by atoms with E-state index in [0.29, 0.717) is 32.9 Å². The number of halogens is 2. The second kappa shape index (κ2) is 7.97. The molecule has 8 heteroatoms. The van der Waals surface area contributed by atoms with Crippen LogP contribution < -0.4 is 5.32 Å². The van der Waals surface area contributed by atoms with E-state index in [0.717, 1.165) is 5.56 Å². The Hall–Kier alpha value is -2.59. The summed E-state index contributed by atoms with van der Waals surface area (Å²) in [6, 6.07) is 9.73. The molecule has 0 amide bonds. The van der Waals surface area contributed by atoms with Crippen molar-refractivity contribution >= 4 is 34.6 Å². The monoisotopic (exact) mass is 402 g/mol. The summed E-state index contributed by atoms with van der Waals surface area (Å²) in [4.78, 5) is 3.38. The molecular weight excluding hydrogens is 387 g/mol. The Bertz CT molecular complexity index is 994. The zero-order valence-corrected chi connectivity index (χ0v) is 16.1. The lowest BCUT2D eigenvalue weighted by Gasteiger charge is -2.21. The van der Waals surface area contributed by atoms with E-state index in [1.807, 2.05) is 0 Å². The second-order valence-electron chi connectivity index (χ2n) is 6.00. The first kappa shape index (κ1) is 19.2. The van der Waals surface area contributed by atoms with Gasteiger partial charge in [-0.15, -0.1) is 10.2 Å². The van der Waals surface area contributed by atoms with Crippen LogP contribution in [0.3, 0.4) is 0 Å². The molecule has 3 rings (SSSR count). The van der Waals surface area contributed by atoms with Crippen molar-refractivity contribution in [2.75, 3.05) is 5.32 Å². The van der Waals surface area contributed by atoms with Gasteiger partial charge in [-0.2, -0.15) is 0 Å². The number of hydrogen-bond acceptors (Lipinski definition) is 5. The number of nitrogens with zero attached hydrogens (tertiary/aromatic N) is 3. The van der Waals surface area contributed by atoms with Gasteiger partial charge in [-0.1, -0.05) is 29.3 Å². The molecular formula is C19H16Cl2N4O2. The number of benzene rings is 2. The van der Waals surface area contributed by atoms with Crippen molar-refractivity contribution in [3.63, 3.8) is 0 Å². The maximum atomic E-state index is 10.2. The van der Waals surface area contributed by atoms with Crippen molar-refractivity contribution in [1.82, 2.24) is 10.2 Å². The standard InChI is InChI=1S/C19H16Cl2N4O2/c1-10-14(8-9-15(22-3)16(10)21)23-17(11(2)26)19-25-24-18(27-19)12-4-6-13(20)7-5-12/h4-9,11,17,23,26H,1-2H3/t11-,17-/m1/s1. The largest absolute Gasteiger partial charge is 0.418 e. The highest BCUT2D eigenvalue weighted by atomic mass is 35.5. The van der Waals surface area contributed by atoms with E-state index in [2.05, 4.69) is 20.4 Å². The quantitative estimate of drug-likeness (QED) is 0.555. The molecule has 27 heavy (non-hydrogen) atoms. The summed E-state index contributed by atoms with van der Waals surface area (Å²) in [5, 5.41) is 22.5. The average molecular weight is 403 g/mol. The summed E-state index contributed by atoms with van der Waals surface area (Å²) < 4.78 is 5.75. The van der Waals surface area contributed by atoms with Gasteiger partial charge >= 0.3 is 0 Å². The molecule has 2 aromatic carbocycles. The van der Waals surface area contributed by atoms with Crippen molar-refractivity contribution in [2.24, 2.45) is 0 Å². The first-order valence-electron chi connectivity index (χ1n) is 8.11. The molecule has 0 unspecified atom stereocenters. The highest BCUT2D eigenvalue weighted by Gasteiger charge is 2.25. The molecule has 0 aliphatic carbocycles. The van der Waals surface area contributed by atoms with Gasteiger partial charge < -0.3 is 14.8 Å². The van der Waals surface area contributed by atoms with Crippen LogP contribution in [0.4, 0.5) is 11.4 Å². The van der Waals surface area contributed by atoms with E-state index in [-0.39, 0.29) is 5.89 Å². The number of anilines is 1. The molecule has 3 aromatic rings. The fourth-order valence-corrected chi connectivity index (χ4v) is 2.87. The van der Waals surface area contributed by atoms with Gasteiger partial charge in [0.2, 0.25) is 17.5 Å². The molecule has 0 saturated carbocycles. The first-order valence-corrected chi connectivity index (χ1v) is 8.86. The Morgan fingerprint density at radius 1 is 1.15 bits per heavy atom. The number of nitrogens with one attached hydrogen (secondary N) is 1. The number of aliphatic hydroxyl groups excluding tert-OH is 1. The van der Waals surface area contributed by atoms with Gasteiger partial charge in [-0.3, -0.25) is 0 Å². The zero-order chi connectivity index (χ0) is 19.6. The number of rotatable bonds is 5. The Balaban J connectivity index is 1.90. The average Bonchev–Trinajstić information content (AvgIpc) is 3.13.